The first-order chi connectivity index (χ1) is 14.9. The molecule has 31 heavy (non-hydrogen) atoms. The Morgan fingerprint density at radius 1 is 1.10 bits per heavy atom. The highest BCUT2D eigenvalue weighted by atomic mass is 32.2. The molecule has 6 nitrogen and oxygen atoms in total. The summed E-state index contributed by atoms with van der Waals surface area (Å²) < 4.78 is 29.0. The molecule has 4 rings (SSSR count). The summed E-state index contributed by atoms with van der Waals surface area (Å²) in [5, 5.41) is 10.8. The summed E-state index contributed by atoms with van der Waals surface area (Å²) in [5.41, 5.74) is 1.29. The van der Waals surface area contributed by atoms with Crippen molar-refractivity contribution in [2.24, 2.45) is 0 Å². The molecule has 0 radical (unpaired) electrons. The van der Waals surface area contributed by atoms with Gasteiger partial charge in [0.15, 0.2) is 0 Å². The van der Waals surface area contributed by atoms with Crippen molar-refractivity contribution < 1.29 is 13.2 Å². The molecule has 0 spiro atoms. The number of fused-ring (bicyclic) bond motifs is 1. The minimum atomic E-state index is -3.92. The summed E-state index contributed by atoms with van der Waals surface area (Å²) in [4.78, 5) is 14.9. The van der Waals surface area contributed by atoms with E-state index in [1.54, 1.807) is 54.4 Å². The van der Waals surface area contributed by atoms with Crippen LogP contribution in [0.4, 0.5) is 0 Å². The van der Waals surface area contributed by atoms with Crippen LogP contribution in [0.15, 0.2) is 71.6 Å². The Hall–Kier alpha value is -3.21. The van der Waals surface area contributed by atoms with E-state index in [-0.39, 0.29) is 23.3 Å². The highest BCUT2D eigenvalue weighted by Crippen LogP contribution is 2.27. The maximum absolute atomic E-state index is 13.2. The highest BCUT2D eigenvalue weighted by Gasteiger charge is 2.35. The lowest BCUT2D eigenvalue weighted by molar-refractivity contribution is -0.132. The van der Waals surface area contributed by atoms with E-state index < -0.39 is 16.1 Å². The van der Waals surface area contributed by atoms with Gasteiger partial charge in [0, 0.05) is 13.1 Å². The number of likely N-dealkylation sites (N-methyl/N-ethyl adjacent to an activating group) is 1. The summed E-state index contributed by atoms with van der Waals surface area (Å²) in [6, 6.07) is 20.6. The molecular weight excluding hydrogens is 410 g/mol. The van der Waals surface area contributed by atoms with E-state index in [0.29, 0.717) is 5.56 Å². The lowest BCUT2D eigenvalue weighted by Gasteiger charge is -2.24. The number of nitrogens with zero attached hydrogens (tertiary/aromatic N) is 2. The van der Waals surface area contributed by atoms with Gasteiger partial charge in [0.1, 0.15) is 6.04 Å². The number of nitriles is 1. The molecule has 0 bridgehead atoms. The zero-order chi connectivity index (χ0) is 22.0. The first-order valence-corrected chi connectivity index (χ1v) is 11.6. The third-order valence-corrected chi connectivity index (χ3v) is 7.06. The largest absolute Gasteiger partial charge is 0.341 e. The predicted octanol–water partition coefficient (Wildman–Crippen LogP) is 3.22. The molecule has 1 atom stereocenters. The first-order valence-electron chi connectivity index (χ1n) is 10.1. The maximum Gasteiger partial charge on any atom is 0.241 e. The van der Waals surface area contributed by atoms with Crippen LogP contribution in [0.1, 0.15) is 24.0 Å². The number of hydrogen-bond acceptors (Lipinski definition) is 4. The minimum absolute atomic E-state index is 0.123. The Labute approximate surface area is 182 Å². The Balaban J connectivity index is 1.62. The fraction of sp³-hybridized carbons (Fsp3) is 0.250. The summed E-state index contributed by atoms with van der Waals surface area (Å²) in [5.74, 6) is -0.253. The van der Waals surface area contributed by atoms with Crippen LogP contribution >= 0.6 is 0 Å². The summed E-state index contributed by atoms with van der Waals surface area (Å²) in [6.07, 6.45) is 2.07. The fourth-order valence-corrected chi connectivity index (χ4v) is 4.83. The third-order valence-electron chi connectivity index (χ3n) is 5.59. The van der Waals surface area contributed by atoms with Gasteiger partial charge in [-0.25, -0.2) is 8.42 Å². The Morgan fingerprint density at radius 3 is 2.42 bits per heavy atom. The van der Waals surface area contributed by atoms with Crippen molar-refractivity contribution in [3.05, 3.63) is 77.9 Å². The lowest BCUT2D eigenvalue weighted by atomic mass is 10.0. The number of amides is 1. The highest BCUT2D eigenvalue weighted by molar-refractivity contribution is 7.89. The van der Waals surface area contributed by atoms with Crippen molar-refractivity contribution >= 4 is 26.7 Å². The van der Waals surface area contributed by atoms with Crippen molar-refractivity contribution in [2.75, 3.05) is 7.05 Å². The van der Waals surface area contributed by atoms with Crippen LogP contribution in [0.25, 0.3) is 10.8 Å². The second-order valence-electron chi connectivity index (χ2n) is 7.88. The Kier molecular flexibility index (Phi) is 5.77. The SMILES string of the molecule is CN(C(=O)C(Cc1ccc(C#N)cc1)NS(=O)(=O)c1ccc2ccccc2c1)C1CC1. The second-order valence-corrected chi connectivity index (χ2v) is 9.59. The number of carbonyl (C=O) groups is 1. The zero-order valence-corrected chi connectivity index (χ0v) is 18.0. The molecule has 1 aliphatic carbocycles. The third kappa shape index (κ3) is 4.76. The van der Waals surface area contributed by atoms with E-state index in [1.165, 1.54) is 0 Å². The number of rotatable bonds is 7. The Bertz CT molecular complexity index is 1260. The van der Waals surface area contributed by atoms with E-state index in [0.717, 1.165) is 29.2 Å². The summed E-state index contributed by atoms with van der Waals surface area (Å²) in [7, 11) is -2.20. The van der Waals surface area contributed by atoms with E-state index in [9.17, 15) is 13.2 Å². The molecule has 1 fully saturated rings. The van der Waals surface area contributed by atoms with E-state index in [2.05, 4.69) is 10.8 Å². The molecular formula is C24H23N3O3S. The van der Waals surface area contributed by atoms with Gasteiger partial charge in [0.25, 0.3) is 0 Å². The summed E-state index contributed by atoms with van der Waals surface area (Å²) >= 11 is 0. The monoisotopic (exact) mass is 433 g/mol. The van der Waals surface area contributed by atoms with Gasteiger partial charge in [-0.05, 0) is 59.9 Å². The topological polar surface area (TPSA) is 90.3 Å². The second kappa shape index (κ2) is 8.50. The summed E-state index contributed by atoms with van der Waals surface area (Å²) in [6.45, 7) is 0. The van der Waals surface area contributed by atoms with Crippen LogP contribution in [0, 0.1) is 11.3 Å². The van der Waals surface area contributed by atoms with Crippen molar-refractivity contribution in [1.29, 1.82) is 5.26 Å². The normalized spacial score (nSPS) is 14.7. The van der Waals surface area contributed by atoms with Crippen molar-refractivity contribution in [3.8, 4) is 6.07 Å². The van der Waals surface area contributed by atoms with Crippen molar-refractivity contribution in [2.45, 2.75) is 36.2 Å². The van der Waals surface area contributed by atoms with Gasteiger partial charge in [0.2, 0.25) is 15.9 Å². The number of nitrogens with one attached hydrogen (secondary N) is 1. The van der Waals surface area contributed by atoms with Gasteiger partial charge in [0.05, 0.1) is 16.5 Å². The van der Waals surface area contributed by atoms with Crippen LogP contribution in [0.5, 0.6) is 0 Å². The van der Waals surface area contributed by atoms with Gasteiger partial charge in [-0.3, -0.25) is 4.79 Å². The quantitative estimate of drug-likeness (QED) is 0.619. The minimum Gasteiger partial charge on any atom is -0.341 e. The first kappa shape index (κ1) is 21.0. The molecule has 7 heteroatoms. The number of benzene rings is 3. The predicted molar refractivity (Wildman–Crippen MR) is 119 cm³/mol. The van der Waals surface area contributed by atoms with Gasteiger partial charge >= 0.3 is 0 Å². The fourth-order valence-electron chi connectivity index (χ4n) is 3.61. The molecule has 3 aromatic rings. The van der Waals surface area contributed by atoms with Crippen molar-refractivity contribution in [3.63, 3.8) is 0 Å². The van der Waals surface area contributed by atoms with Crippen LogP contribution < -0.4 is 4.72 Å². The van der Waals surface area contributed by atoms with Gasteiger partial charge < -0.3 is 4.90 Å². The molecule has 3 aromatic carbocycles. The standard InChI is InChI=1S/C24H23N3O3S/c1-27(21-11-12-21)24(28)23(14-17-6-8-18(16-25)9-7-17)26-31(29,30)22-13-10-19-4-2-3-5-20(19)15-22/h2-10,13,15,21,23,26H,11-12,14H2,1H3. The maximum atomic E-state index is 13.2. The molecule has 158 valence electrons. The molecule has 1 amide bonds. The Morgan fingerprint density at radius 2 is 1.77 bits per heavy atom. The van der Waals surface area contributed by atoms with Crippen LogP contribution in [0.3, 0.4) is 0 Å². The van der Waals surface area contributed by atoms with Crippen LogP contribution in [-0.4, -0.2) is 38.4 Å². The van der Waals surface area contributed by atoms with Gasteiger partial charge in [-0.1, -0.05) is 42.5 Å². The number of sulfonamides is 1. The average Bonchev–Trinajstić information content (AvgIpc) is 3.63. The average molecular weight is 434 g/mol. The molecule has 0 heterocycles. The zero-order valence-electron chi connectivity index (χ0n) is 17.2. The van der Waals surface area contributed by atoms with E-state index >= 15 is 0 Å². The van der Waals surface area contributed by atoms with Crippen molar-refractivity contribution in [1.82, 2.24) is 9.62 Å². The molecule has 0 saturated heterocycles. The molecule has 1 N–H and O–H groups in total. The molecule has 1 aliphatic rings. The van der Waals surface area contributed by atoms with E-state index in [4.69, 9.17) is 5.26 Å². The van der Waals surface area contributed by atoms with Crippen LogP contribution in [-0.2, 0) is 21.2 Å². The van der Waals surface area contributed by atoms with Gasteiger partial charge in [-0.2, -0.15) is 9.98 Å². The lowest BCUT2D eigenvalue weighted by Crippen LogP contribution is -2.49. The number of carbonyl (C=O) groups excluding carboxylic acids is 1. The van der Waals surface area contributed by atoms with E-state index in [1.807, 2.05) is 24.3 Å². The molecule has 0 aliphatic heterocycles. The van der Waals surface area contributed by atoms with Crippen LogP contribution in [0.2, 0.25) is 0 Å². The smallest absolute Gasteiger partial charge is 0.241 e. The molecule has 0 aromatic heterocycles. The molecule has 1 unspecified atom stereocenters. The molecule has 1 saturated carbocycles. The number of hydrogen-bond donors (Lipinski definition) is 1. The van der Waals surface area contributed by atoms with Gasteiger partial charge in [-0.15, -0.1) is 0 Å².